The minimum atomic E-state index is 0.0371. The molecule has 128 valence electrons. The van der Waals surface area contributed by atoms with Gasteiger partial charge in [-0.1, -0.05) is 0 Å². The molecule has 1 fully saturated rings. The lowest BCUT2D eigenvalue weighted by Crippen LogP contribution is -2.39. The van der Waals surface area contributed by atoms with Crippen molar-refractivity contribution < 1.29 is 4.79 Å². The molecule has 2 aromatic rings. The second-order valence-corrected chi connectivity index (χ2v) is 6.54. The smallest absolute Gasteiger partial charge is 0.256 e. The molecule has 0 radical (unpaired) electrons. The van der Waals surface area contributed by atoms with Gasteiger partial charge in [0.2, 0.25) is 0 Å². The lowest BCUT2D eigenvalue weighted by Gasteiger charge is -2.34. The highest BCUT2D eigenvalue weighted by Crippen LogP contribution is 2.22. The van der Waals surface area contributed by atoms with Crippen molar-refractivity contribution in [1.29, 1.82) is 0 Å². The maximum Gasteiger partial charge on any atom is 0.256 e. The van der Waals surface area contributed by atoms with Gasteiger partial charge in [-0.3, -0.25) is 14.5 Å². The van der Waals surface area contributed by atoms with Gasteiger partial charge in [-0.2, -0.15) is 5.10 Å². The fourth-order valence-corrected chi connectivity index (χ4v) is 3.17. The number of aryl methyl sites for hydroxylation is 2. The Hall–Kier alpha value is -2.44. The van der Waals surface area contributed by atoms with Gasteiger partial charge in [0, 0.05) is 46.1 Å². The predicted octanol–water partition coefficient (Wildman–Crippen LogP) is 1.51. The molecule has 3 rings (SSSR count). The van der Waals surface area contributed by atoms with Gasteiger partial charge in [0.25, 0.3) is 5.91 Å². The Kier molecular flexibility index (Phi) is 4.78. The van der Waals surface area contributed by atoms with Gasteiger partial charge >= 0.3 is 0 Å². The molecule has 0 N–H and O–H groups in total. The van der Waals surface area contributed by atoms with Crippen molar-refractivity contribution in [3.05, 3.63) is 36.0 Å². The van der Waals surface area contributed by atoms with E-state index in [4.69, 9.17) is 0 Å². The second-order valence-electron chi connectivity index (χ2n) is 6.54. The monoisotopic (exact) mass is 328 g/mol. The number of aromatic nitrogens is 4. The van der Waals surface area contributed by atoms with E-state index in [9.17, 15) is 4.79 Å². The first kappa shape index (κ1) is 16.4. The summed E-state index contributed by atoms with van der Waals surface area (Å²) >= 11 is 0. The molecule has 0 aliphatic carbocycles. The molecule has 24 heavy (non-hydrogen) atoms. The molecule has 0 bridgehead atoms. The Balaban J connectivity index is 1.52. The fraction of sp³-hybridized carbons (Fsp3) is 0.529. The van der Waals surface area contributed by atoms with Gasteiger partial charge in [-0.05, 0) is 25.7 Å². The zero-order valence-electron chi connectivity index (χ0n) is 14.5. The Morgan fingerprint density at radius 2 is 2.04 bits per heavy atom. The van der Waals surface area contributed by atoms with Crippen LogP contribution in [0.5, 0.6) is 0 Å². The van der Waals surface area contributed by atoms with Crippen LogP contribution in [-0.2, 0) is 7.05 Å². The van der Waals surface area contributed by atoms with E-state index in [0.717, 1.165) is 44.0 Å². The van der Waals surface area contributed by atoms with E-state index >= 15 is 0 Å². The Bertz CT molecular complexity index is 705. The molecule has 7 nitrogen and oxygen atoms in total. The molecule has 0 spiro atoms. The Morgan fingerprint density at radius 3 is 2.67 bits per heavy atom. The summed E-state index contributed by atoms with van der Waals surface area (Å²) in [6, 6.07) is 0. The van der Waals surface area contributed by atoms with Crippen LogP contribution < -0.4 is 4.90 Å². The summed E-state index contributed by atoms with van der Waals surface area (Å²) in [5.74, 6) is 1.51. The number of hydrogen-bond donors (Lipinski definition) is 0. The maximum absolute atomic E-state index is 12.4. The van der Waals surface area contributed by atoms with E-state index in [1.165, 1.54) is 0 Å². The molecule has 1 amide bonds. The van der Waals surface area contributed by atoms with Crippen LogP contribution in [-0.4, -0.2) is 57.2 Å². The topological polar surface area (TPSA) is 67.2 Å². The van der Waals surface area contributed by atoms with E-state index in [1.807, 2.05) is 32.1 Å². The Labute approximate surface area is 142 Å². The molecule has 7 heteroatoms. The number of nitrogens with zero attached hydrogens (tertiary/aromatic N) is 6. The average molecular weight is 328 g/mol. The van der Waals surface area contributed by atoms with Gasteiger partial charge in [-0.25, -0.2) is 4.98 Å². The van der Waals surface area contributed by atoms with Crippen LogP contribution in [0.2, 0.25) is 0 Å². The summed E-state index contributed by atoms with van der Waals surface area (Å²) in [6.45, 7) is 4.65. The molecule has 2 aromatic heterocycles. The normalized spacial score (nSPS) is 15.5. The molecule has 3 heterocycles. The fourth-order valence-electron chi connectivity index (χ4n) is 3.17. The zero-order chi connectivity index (χ0) is 17.1. The zero-order valence-corrected chi connectivity index (χ0v) is 14.5. The molecular formula is C17H24N6O. The number of amides is 1. The largest absolute Gasteiger partial charge is 0.355 e. The molecule has 1 saturated heterocycles. The number of rotatable bonds is 4. The molecular weight excluding hydrogens is 304 g/mol. The lowest BCUT2D eigenvalue weighted by molar-refractivity contribution is 0.0765. The highest BCUT2D eigenvalue weighted by Gasteiger charge is 2.23. The Morgan fingerprint density at radius 1 is 1.29 bits per heavy atom. The van der Waals surface area contributed by atoms with Crippen LogP contribution in [0.4, 0.5) is 5.82 Å². The first-order valence-electron chi connectivity index (χ1n) is 8.30. The van der Waals surface area contributed by atoms with Gasteiger partial charge in [-0.15, -0.1) is 0 Å². The minimum absolute atomic E-state index is 0.0371. The third-order valence-corrected chi connectivity index (χ3v) is 4.51. The van der Waals surface area contributed by atoms with Crippen molar-refractivity contribution in [3.8, 4) is 0 Å². The van der Waals surface area contributed by atoms with E-state index in [2.05, 4.69) is 20.0 Å². The SMILES string of the molecule is Cc1cncc(N2CCC(CN(C)C(=O)c3cnn(C)c3)CC2)n1. The summed E-state index contributed by atoms with van der Waals surface area (Å²) in [7, 11) is 3.69. The standard InChI is InChI=1S/C17H24N6O/c1-13-8-18-10-16(20-13)23-6-4-14(5-7-23)11-21(2)17(24)15-9-19-22(3)12-15/h8-10,12,14H,4-7,11H2,1-3H3. The second kappa shape index (κ2) is 6.98. The maximum atomic E-state index is 12.4. The number of piperidine rings is 1. The molecule has 0 aromatic carbocycles. The van der Waals surface area contributed by atoms with Crippen LogP contribution in [0.15, 0.2) is 24.8 Å². The van der Waals surface area contributed by atoms with E-state index in [1.54, 1.807) is 23.3 Å². The summed E-state index contributed by atoms with van der Waals surface area (Å²) in [5, 5.41) is 4.07. The van der Waals surface area contributed by atoms with Gasteiger partial charge < -0.3 is 9.80 Å². The van der Waals surface area contributed by atoms with Crippen molar-refractivity contribution in [1.82, 2.24) is 24.6 Å². The van der Waals surface area contributed by atoms with Gasteiger partial charge in [0.05, 0.1) is 23.7 Å². The third-order valence-electron chi connectivity index (χ3n) is 4.51. The molecule has 1 aliphatic rings. The van der Waals surface area contributed by atoms with E-state index in [0.29, 0.717) is 11.5 Å². The number of hydrogen-bond acceptors (Lipinski definition) is 5. The third kappa shape index (κ3) is 3.72. The predicted molar refractivity (Wildman–Crippen MR) is 91.9 cm³/mol. The number of carbonyl (C=O) groups is 1. The highest BCUT2D eigenvalue weighted by atomic mass is 16.2. The molecule has 0 atom stereocenters. The van der Waals surface area contributed by atoms with Crippen LogP contribution in [0, 0.1) is 12.8 Å². The van der Waals surface area contributed by atoms with Crippen molar-refractivity contribution in [2.45, 2.75) is 19.8 Å². The lowest BCUT2D eigenvalue weighted by atomic mass is 9.96. The van der Waals surface area contributed by atoms with Crippen molar-refractivity contribution in [3.63, 3.8) is 0 Å². The number of anilines is 1. The minimum Gasteiger partial charge on any atom is -0.355 e. The highest BCUT2D eigenvalue weighted by molar-refractivity contribution is 5.93. The summed E-state index contributed by atoms with van der Waals surface area (Å²) in [6.07, 6.45) is 9.09. The summed E-state index contributed by atoms with van der Waals surface area (Å²) in [4.78, 5) is 25.2. The average Bonchev–Trinajstić information content (AvgIpc) is 3.01. The van der Waals surface area contributed by atoms with Crippen LogP contribution >= 0.6 is 0 Å². The summed E-state index contributed by atoms with van der Waals surface area (Å²) in [5.41, 5.74) is 1.59. The van der Waals surface area contributed by atoms with E-state index in [-0.39, 0.29) is 5.91 Å². The van der Waals surface area contributed by atoms with Crippen LogP contribution in [0.25, 0.3) is 0 Å². The molecule has 1 aliphatic heterocycles. The van der Waals surface area contributed by atoms with Crippen molar-refractivity contribution in [2.24, 2.45) is 13.0 Å². The van der Waals surface area contributed by atoms with Gasteiger partial charge in [0.15, 0.2) is 0 Å². The molecule has 0 unspecified atom stereocenters. The summed E-state index contributed by atoms with van der Waals surface area (Å²) < 4.78 is 1.66. The van der Waals surface area contributed by atoms with Crippen LogP contribution in [0.3, 0.4) is 0 Å². The first-order chi connectivity index (χ1) is 11.5. The van der Waals surface area contributed by atoms with Crippen molar-refractivity contribution in [2.75, 3.05) is 31.6 Å². The number of carbonyl (C=O) groups excluding carboxylic acids is 1. The molecule has 0 saturated carbocycles. The van der Waals surface area contributed by atoms with Crippen molar-refractivity contribution >= 4 is 11.7 Å². The first-order valence-corrected chi connectivity index (χ1v) is 8.30. The van der Waals surface area contributed by atoms with E-state index < -0.39 is 0 Å². The van der Waals surface area contributed by atoms with Crippen LogP contribution in [0.1, 0.15) is 28.9 Å². The van der Waals surface area contributed by atoms with Gasteiger partial charge in [0.1, 0.15) is 5.82 Å². The quantitative estimate of drug-likeness (QED) is 0.851.